The first-order chi connectivity index (χ1) is 18.1. The average Bonchev–Trinajstić information content (AvgIpc) is 3.45. The molecule has 2 N–H and O–H groups in total. The lowest BCUT2D eigenvalue weighted by molar-refractivity contribution is 0.0204. The van der Waals surface area contributed by atoms with Crippen LogP contribution >= 0.6 is 11.6 Å². The number of hydrogen-bond donors (Lipinski definition) is 2. The fraction of sp³-hybridized carbons (Fsp3) is 0.393. The van der Waals surface area contributed by atoms with Crippen LogP contribution in [0.1, 0.15) is 56.4 Å². The molecule has 10 heteroatoms. The number of aromatic amines is 1. The first kappa shape index (κ1) is 26.0. The van der Waals surface area contributed by atoms with Gasteiger partial charge >= 0.3 is 6.09 Å². The molecule has 0 unspecified atom stereocenters. The van der Waals surface area contributed by atoms with Gasteiger partial charge in [0.15, 0.2) is 0 Å². The molecule has 0 bridgehead atoms. The van der Waals surface area contributed by atoms with Crippen LogP contribution in [0.3, 0.4) is 0 Å². The van der Waals surface area contributed by atoms with Crippen molar-refractivity contribution in [2.24, 2.45) is 0 Å². The van der Waals surface area contributed by atoms with Gasteiger partial charge < -0.3 is 19.7 Å². The highest BCUT2D eigenvalue weighted by atomic mass is 35.5. The Hall–Kier alpha value is -3.59. The predicted octanol–water partition coefficient (Wildman–Crippen LogP) is 6.15. The number of fused-ring (bicyclic) bond motifs is 1. The van der Waals surface area contributed by atoms with Gasteiger partial charge in [-0.3, -0.25) is 0 Å². The Morgan fingerprint density at radius 2 is 1.87 bits per heavy atom. The van der Waals surface area contributed by atoms with E-state index in [2.05, 4.69) is 9.97 Å². The minimum atomic E-state index is -0.554. The van der Waals surface area contributed by atoms with Crippen molar-refractivity contribution in [2.45, 2.75) is 58.0 Å². The Bertz CT molecular complexity index is 1450. The number of amides is 1. The highest BCUT2D eigenvalue weighted by Gasteiger charge is 2.32. The van der Waals surface area contributed by atoms with Gasteiger partial charge in [0.05, 0.1) is 16.2 Å². The lowest BCUT2D eigenvalue weighted by Gasteiger charge is -2.33. The summed E-state index contributed by atoms with van der Waals surface area (Å²) in [7, 11) is 0. The monoisotopic (exact) mass is 539 g/mol. The summed E-state index contributed by atoms with van der Waals surface area (Å²) in [6.07, 6.45) is 2.17. The number of hydrogen-bond acceptors (Lipinski definition) is 5. The van der Waals surface area contributed by atoms with Crippen molar-refractivity contribution in [3.63, 3.8) is 0 Å². The Morgan fingerprint density at radius 3 is 2.53 bits per heavy atom. The Balaban J connectivity index is 1.44. The van der Waals surface area contributed by atoms with Gasteiger partial charge in [0.25, 0.3) is 0 Å². The van der Waals surface area contributed by atoms with Crippen LogP contribution in [0, 0.1) is 5.82 Å². The topological polar surface area (TPSA) is 96.3 Å². The summed E-state index contributed by atoms with van der Waals surface area (Å²) in [5.74, 6) is 0.125. The van der Waals surface area contributed by atoms with Crippen LogP contribution in [0.5, 0.6) is 5.88 Å². The summed E-state index contributed by atoms with van der Waals surface area (Å²) in [5, 5.41) is 16.7. The van der Waals surface area contributed by atoms with Gasteiger partial charge in [-0.05, 0) is 76.3 Å². The maximum atomic E-state index is 13.4. The lowest BCUT2D eigenvalue weighted by Crippen LogP contribution is -2.41. The molecular formula is C28H31ClFN5O3. The van der Waals surface area contributed by atoms with Crippen molar-refractivity contribution in [1.82, 2.24) is 24.6 Å². The van der Waals surface area contributed by atoms with Crippen LogP contribution in [0.15, 0.2) is 42.5 Å². The molecule has 8 nitrogen and oxygen atoms in total. The van der Waals surface area contributed by atoms with Crippen LogP contribution in [0.25, 0.3) is 17.0 Å². The van der Waals surface area contributed by atoms with Gasteiger partial charge in [0, 0.05) is 24.6 Å². The van der Waals surface area contributed by atoms with E-state index in [1.54, 1.807) is 23.1 Å². The van der Waals surface area contributed by atoms with E-state index in [9.17, 15) is 14.3 Å². The minimum Gasteiger partial charge on any atom is -0.493 e. The largest absolute Gasteiger partial charge is 0.493 e. The standard InChI is InChI=1S/C28H31ClFN5O3/c1-28(2,3)38-27(37)34-15-13-18(14-16-34)23-20(12-9-17-7-10-19(30)11-8-17)25(36)35(33-23)26-31-22-6-4-5-21(29)24(22)32-26/h4-8,10-11,18,36H,9,12-16H2,1-3H3,(H,31,32). The summed E-state index contributed by atoms with van der Waals surface area (Å²) in [4.78, 5) is 22.1. The van der Waals surface area contributed by atoms with Gasteiger partial charge in [0.1, 0.15) is 16.9 Å². The first-order valence-electron chi connectivity index (χ1n) is 12.8. The second kappa shape index (κ2) is 10.3. The van der Waals surface area contributed by atoms with Crippen molar-refractivity contribution < 1.29 is 19.0 Å². The molecule has 1 amide bonds. The van der Waals surface area contributed by atoms with Crippen LogP contribution in [0.4, 0.5) is 9.18 Å². The number of H-pyrrole nitrogens is 1. The number of ether oxygens (including phenoxy) is 1. The van der Waals surface area contributed by atoms with E-state index in [1.165, 1.54) is 16.8 Å². The number of nitrogens with one attached hydrogen (secondary N) is 1. The zero-order chi connectivity index (χ0) is 27.0. The molecule has 0 saturated carbocycles. The molecule has 0 spiro atoms. The Morgan fingerprint density at radius 1 is 1.16 bits per heavy atom. The van der Waals surface area contributed by atoms with Crippen molar-refractivity contribution in [1.29, 1.82) is 0 Å². The molecule has 1 aliphatic heterocycles. The highest BCUT2D eigenvalue weighted by Crippen LogP contribution is 2.36. The fourth-order valence-electron chi connectivity index (χ4n) is 4.84. The molecular weight excluding hydrogens is 509 g/mol. The van der Waals surface area contributed by atoms with E-state index < -0.39 is 5.60 Å². The number of para-hydroxylation sites is 1. The number of imidazole rings is 1. The zero-order valence-corrected chi connectivity index (χ0v) is 22.4. The molecule has 0 radical (unpaired) electrons. The highest BCUT2D eigenvalue weighted by molar-refractivity contribution is 6.34. The number of rotatable bonds is 5. The Kier molecular flexibility index (Phi) is 7.05. The van der Waals surface area contributed by atoms with Crippen LogP contribution in [-0.4, -0.2) is 54.5 Å². The number of aromatic nitrogens is 4. The number of aromatic hydroxyl groups is 1. The molecule has 4 aromatic rings. The molecule has 3 heterocycles. The second-order valence-corrected chi connectivity index (χ2v) is 11.1. The normalized spacial score (nSPS) is 14.8. The first-order valence-corrected chi connectivity index (χ1v) is 13.1. The second-order valence-electron chi connectivity index (χ2n) is 10.7. The predicted molar refractivity (Wildman–Crippen MR) is 143 cm³/mol. The molecule has 2 aromatic heterocycles. The summed E-state index contributed by atoms with van der Waals surface area (Å²) < 4.78 is 20.4. The van der Waals surface area contributed by atoms with Gasteiger partial charge in [-0.25, -0.2) is 14.2 Å². The van der Waals surface area contributed by atoms with Crippen molar-refractivity contribution in [2.75, 3.05) is 13.1 Å². The van der Waals surface area contributed by atoms with Crippen LogP contribution < -0.4 is 0 Å². The summed E-state index contributed by atoms with van der Waals surface area (Å²) in [6, 6.07) is 11.8. The van der Waals surface area contributed by atoms with E-state index in [4.69, 9.17) is 21.4 Å². The number of likely N-dealkylation sites (tertiary alicyclic amines) is 1. The SMILES string of the molecule is CC(C)(C)OC(=O)N1CCC(c2nn(-c3nc4c(Cl)cccc4[nH]3)c(O)c2CCc2ccc(F)cc2)CC1. The zero-order valence-electron chi connectivity index (χ0n) is 21.7. The number of halogens is 2. The smallest absolute Gasteiger partial charge is 0.410 e. The van der Waals surface area contributed by atoms with Crippen molar-refractivity contribution in [3.8, 4) is 11.8 Å². The number of nitrogens with zero attached hydrogens (tertiary/aromatic N) is 4. The van der Waals surface area contributed by atoms with Crippen molar-refractivity contribution >= 4 is 28.7 Å². The van der Waals surface area contributed by atoms with E-state index in [0.717, 1.165) is 22.3 Å². The molecule has 1 fully saturated rings. The molecule has 0 aliphatic carbocycles. The molecule has 1 aliphatic rings. The van der Waals surface area contributed by atoms with Crippen molar-refractivity contribution in [3.05, 3.63) is 70.1 Å². The van der Waals surface area contributed by atoms with Gasteiger partial charge in [0.2, 0.25) is 11.8 Å². The fourth-order valence-corrected chi connectivity index (χ4v) is 5.06. The van der Waals surface area contributed by atoms with E-state index >= 15 is 0 Å². The summed E-state index contributed by atoms with van der Waals surface area (Å²) in [6.45, 7) is 6.62. The number of benzene rings is 2. The third-order valence-corrected chi connectivity index (χ3v) is 7.05. The number of carbonyl (C=O) groups excluding carboxylic acids is 1. The summed E-state index contributed by atoms with van der Waals surface area (Å²) in [5.41, 5.74) is 3.24. The third kappa shape index (κ3) is 5.48. The van der Waals surface area contributed by atoms with E-state index in [-0.39, 0.29) is 23.7 Å². The van der Waals surface area contributed by atoms with Gasteiger partial charge in [-0.2, -0.15) is 9.78 Å². The average molecular weight is 540 g/mol. The van der Waals surface area contributed by atoms with E-state index in [1.807, 2.05) is 32.9 Å². The number of aryl methyl sites for hydroxylation is 1. The molecule has 5 rings (SSSR count). The maximum absolute atomic E-state index is 13.4. The molecule has 0 atom stereocenters. The molecule has 2 aromatic carbocycles. The summed E-state index contributed by atoms with van der Waals surface area (Å²) >= 11 is 6.32. The van der Waals surface area contributed by atoms with E-state index in [0.29, 0.717) is 55.3 Å². The van der Waals surface area contributed by atoms with Gasteiger partial charge in [-0.1, -0.05) is 29.8 Å². The molecule has 38 heavy (non-hydrogen) atoms. The van der Waals surface area contributed by atoms with Gasteiger partial charge in [-0.15, -0.1) is 0 Å². The number of piperidine rings is 1. The maximum Gasteiger partial charge on any atom is 0.410 e. The minimum absolute atomic E-state index is 0.00635. The lowest BCUT2D eigenvalue weighted by atomic mass is 9.90. The third-order valence-electron chi connectivity index (χ3n) is 6.75. The van der Waals surface area contributed by atoms with Crippen LogP contribution in [-0.2, 0) is 17.6 Å². The molecule has 200 valence electrons. The Labute approximate surface area is 225 Å². The van der Waals surface area contributed by atoms with Crippen LogP contribution in [0.2, 0.25) is 5.02 Å². The molecule has 1 saturated heterocycles. The number of carbonyl (C=O) groups is 1. The quantitative estimate of drug-likeness (QED) is 0.317.